The third-order valence-electron chi connectivity index (χ3n) is 3.87. The monoisotopic (exact) mass is 226 g/mol. The zero-order valence-corrected chi connectivity index (χ0v) is 11.1. The van der Waals surface area contributed by atoms with Crippen molar-refractivity contribution in [3.8, 4) is 0 Å². The van der Waals surface area contributed by atoms with Gasteiger partial charge in [-0.3, -0.25) is 4.79 Å². The van der Waals surface area contributed by atoms with Crippen molar-refractivity contribution >= 4 is 5.91 Å². The molecule has 2 N–H and O–H groups in total. The predicted octanol–water partition coefficient (Wildman–Crippen LogP) is 2.01. The first-order valence-electron chi connectivity index (χ1n) is 6.34. The summed E-state index contributed by atoms with van der Waals surface area (Å²) in [6.07, 6.45) is 4.26. The summed E-state index contributed by atoms with van der Waals surface area (Å²) in [6, 6.07) is 0. The lowest BCUT2D eigenvalue weighted by atomic mass is 9.81. The lowest BCUT2D eigenvalue weighted by molar-refractivity contribution is -0.139. The lowest BCUT2D eigenvalue weighted by Crippen LogP contribution is -2.46. The van der Waals surface area contributed by atoms with E-state index in [1.165, 1.54) is 0 Å². The molecule has 1 fully saturated rings. The second-order valence-electron chi connectivity index (χ2n) is 6.02. The highest BCUT2D eigenvalue weighted by molar-refractivity contribution is 5.79. The second kappa shape index (κ2) is 5.17. The normalized spacial score (nSPS) is 26.6. The Balaban J connectivity index is 2.51. The van der Waals surface area contributed by atoms with Crippen LogP contribution >= 0.6 is 0 Å². The van der Waals surface area contributed by atoms with Gasteiger partial charge in [-0.25, -0.2) is 0 Å². The van der Waals surface area contributed by atoms with Crippen LogP contribution < -0.4 is 5.73 Å². The summed E-state index contributed by atoms with van der Waals surface area (Å²) >= 11 is 0. The van der Waals surface area contributed by atoms with E-state index < -0.39 is 0 Å². The maximum absolute atomic E-state index is 12.2. The summed E-state index contributed by atoms with van der Waals surface area (Å²) < 4.78 is 0. The zero-order valence-electron chi connectivity index (χ0n) is 11.1. The molecule has 0 saturated heterocycles. The van der Waals surface area contributed by atoms with Gasteiger partial charge in [0.2, 0.25) is 5.91 Å². The Hall–Kier alpha value is -0.570. The molecule has 1 aliphatic rings. The largest absolute Gasteiger partial charge is 0.341 e. The first-order chi connectivity index (χ1) is 7.36. The van der Waals surface area contributed by atoms with E-state index in [0.29, 0.717) is 11.8 Å². The Morgan fingerprint density at radius 2 is 1.75 bits per heavy atom. The third-order valence-corrected chi connectivity index (χ3v) is 3.87. The molecule has 0 bridgehead atoms. The van der Waals surface area contributed by atoms with Crippen molar-refractivity contribution < 1.29 is 4.79 Å². The highest BCUT2D eigenvalue weighted by Crippen LogP contribution is 2.30. The fraction of sp³-hybridized carbons (Fsp3) is 0.923. The Morgan fingerprint density at radius 1 is 1.25 bits per heavy atom. The summed E-state index contributed by atoms with van der Waals surface area (Å²) in [5, 5.41) is 0. The molecule has 0 atom stereocenters. The predicted molar refractivity (Wildman–Crippen MR) is 67.0 cm³/mol. The van der Waals surface area contributed by atoms with Crippen molar-refractivity contribution in [2.24, 2.45) is 17.6 Å². The second-order valence-corrected chi connectivity index (χ2v) is 6.02. The van der Waals surface area contributed by atoms with E-state index in [1.54, 1.807) is 0 Å². The van der Waals surface area contributed by atoms with Gasteiger partial charge in [0.25, 0.3) is 0 Å². The summed E-state index contributed by atoms with van der Waals surface area (Å²) in [6.45, 7) is 7.01. The highest BCUT2D eigenvalue weighted by atomic mass is 16.2. The van der Waals surface area contributed by atoms with Crippen molar-refractivity contribution in [1.29, 1.82) is 0 Å². The quantitative estimate of drug-likeness (QED) is 0.783. The molecule has 0 aromatic rings. The highest BCUT2D eigenvalue weighted by Gasteiger charge is 2.31. The van der Waals surface area contributed by atoms with Gasteiger partial charge >= 0.3 is 0 Å². The van der Waals surface area contributed by atoms with Gasteiger partial charge in [0.15, 0.2) is 0 Å². The molecule has 94 valence electrons. The van der Waals surface area contributed by atoms with E-state index in [0.717, 1.165) is 32.2 Å². The van der Waals surface area contributed by atoms with Crippen molar-refractivity contribution in [3.63, 3.8) is 0 Å². The van der Waals surface area contributed by atoms with E-state index in [2.05, 4.69) is 20.8 Å². The number of nitrogens with two attached hydrogens (primary N) is 1. The Morgan fingerprint density at radius 3 is 2.12 bits per heavy atom. The van der Waals surface area contributed by atoms with Gasteiger partial charge in [0.1, 0.15) is 0 Å². The first-order valence-corrected chi connectivity index (χ1v) is 6.34. The van der Waals surface area contributed by atoms with Gasteiger partial charge in [-0.15, -0.1) is 0 Å². The summed E-state index contributed by atoms with van der Waals surface area (Å²) in [4.78, 5) is 14.1. The molecule has 0 aromatic carbocycles. The average molecular weight is 226 g/mol. The third kappa shape index (κ3) is 3.21. The molecule has 0 unspecified atom stereocenters. The fourth-order valence-electron chi connectivity index (χ4n) is 2.25. The van der Waals surface area contributed by atoms with Crippen LogP contribution in [0.25, 0.3) is 0 Å². The van der Waals surface area contributed by atoms with Crippen molar-refractivity contribution in [2.45, 2.75) is 52.0 Å². The lowest BCUT2D eigenvalue weighted by Gasteiger charge is -2.37. The van der Waals surface area contributed by atoms with E-state index in [9.17, 15) is 4.79 Å². The summed E-state index contributed by atoms with van der Waals surface area (Å²) in [7, 11) is 1.91. The maximum Gasteiger partial charge on any atom is 0.225 e. The number of carbonyl (C=O) groups excluding carboxylic acids is 1. The molecule has 1 saturated carbocycles. The number of carbonyl (C=O) groups is 1. The van der Waals surface area contributed by atoms with Gasteiger partial charge in [-0.1, -0.05) is 0 Å². The van der Waals surface area contributed by atoms with E-state index in [4.69, 9.17) is 5.73 Å². The standard InChI is InChI=1S/C13H26N2O/c1-13(2,3)15(4)12(16)11-7-5-10(9-14)6-8-11/h10-11H,5-9,14H2,1-4H3. The van der Waals surface area contributed by atoms with Crippen molar-refractivity contribution in [3.05, 3.63) is 0 Å². The van der Waals surface area contributed by atoms with Crippen LogP contribution in [0.15, 0.2) is 0 Å². The Bertz CT molecular complexity index is 237. The van der Waals surface area contributed by atoms with Crippen LogP contribution in [0.1, 0.15) is 46.5 Å². The summed E-state index contributed by atoms with van der Waals surface area (Å²) in [5.41, 5.74) is 5.59. The van der Waals surface area contributed by atoms with Crippen LogP contribution in [0.2, 0.25) is 0 Å². The fourth-order valence-corrected chi connectivity index (χ4v) is 2.25. The smallest absolute Gasteiger partial charge is 0.225 e. The molecule has 0 heterocycles. The zero-order chi connectivity index (χ0) is 12.3. The number of rotatable bonds is 2. The van der Waals surface area contributed by atoms with Gasteiger partial charge < -0.3 is 10.6 Å². The van der Waals surface area contributed by atoms with E-state index in [-0.39, 0.29) is 11.5 Å². The molecule has 0 aliphatic heterocycles. The number of amides is 1. The Labute approximate surface area is 99.4 Å². The van der Waals surface area contributed by atoms with Crippen LogP contribution in [-0.4, -0.2) is 29.9 Å². The Kier molecular flexibility index (Phi) is 4.36. The molecule has 0 spiro atoms. The average Bonchev–Trinajstić information content (AvgIpc) is 2.26. The van der Waals surface area contributed by atoms with E-state index in [1.807, 2.05) is 11.9 Å². The number of hydrogen-bond donors (Lipinski definition) is 1. The molecule has 0 radical (unpaired) electrons. The SMILES string of the molecule is CN(C(=O)C1CCC(CN)CC1)C(C)(C)C. The topological polar surface area (TPSA) is 46.3 Å². The van der Waals surface area contributed by atoms with Crippen LogP contribution in [0, 0.1) is 11.8 Å². The summed E-state index contributed by atoms with van der Waals surface area (Å²) in [5.74, 6) is 1.18. The molecule has 3 nitrogen and oxygen atoms in total. The van der Waals surface area contributed by atoms with Crippen LogP contribution in [0.4, 0.5) is 0 Å². The molecule has 1 aliphatic carbocycles. The van der Waals surface area contributed by atoms with Crippen LogP contribution in [0.5, 0.6) is 0 Å². The van der Waals surface area contributed by atoms with Gasteiger partial charge in [-0.05, 0) is 58.9 Å². The minimum atomic E-state index is -0.0677. The number of hydrogen-bond acceptors (Lipinski definition) is 2. The van der Waals surface area contributed by atoms with Gasteiger partial charge in [-0.2, -0.15) is 0 Å². The maximum atomic E-state index is 12.2. The molecule has 0 aromatic heterocycles. The molecular weight excluding hydrogens is 200 g/mol. The molecule has 1 rings (SSSR count). The van der Waals surface area contributed by atoms with Crippen molar-refractivity contribution in [2.75, 3.05) is 13.6 Å². The molecule has 16 heavy (non-hydrogen) atoms. The molecule has 1 amide bonds. The number of nitrogens with zero attached hydrogens (tertiary/aromatic N) is 1. The molecular formula is C13H26N2O. The van der Waals surface area contributed by atoms with Crippen LogP contribution in [0.3, 0.4) is 0 Å². The van der Waals surface area contributed by atoms with Crippen molar-refractivity contribution in [1.82, 2.24) is 4.90 Å². The van der Waals surface area contributed by atoms with E-state index >= 15 is 0 Å². The first kappa shape index (κ1) is 13.5. The van der Waals surface area contributed by atoms with Gasteiger partial charge in [0.05, 0.1) is 0 Å². The molecule has 3 heteroatoms. The van der Waals surface area contributed by atoms with Crippen LogP contribution in [-0.2, 0) is 4.79 Å². The van der Waals surface area contributed by atoms with Gasteiger partial charge in [0, 0.05) is 18.5 Å². The minimum Gasteiger partial charge on any atom is -0.341 e. The minimum absolute atomic E-state index is 0.0677.